The van der Waals surface area contributed by atoms with Crippen molar-refractivity contribution in [1.82, 2.24) is 4.72 Å². The van der Waals surface area contributed by atoms with E-state index < -0.39 is 10.0 Å². The van der Waals surface area contributed by atoms with Crippen molar-refractivity contribution < 1.29 is 13.2 Å². The topological polar surface area (TPSA) is 81.4 Å². The Bertz CT molecular complexity index is 420. The molecule has 1 aromatic rings. The molecule has 7 heteroatoms. The van der Waals surface area contributed by atoms with Crippen molar-refractivity contribution in [3.8, 4) is 0 Å². The zero-order chi connectivity index (χ0) is 12.0. The fourth-order valence-corrected chi connectivity index (χ4v) is 2.31. The van der Waals surface area contributed by atoms with Gasteiger partial charge < -0.3 is 10.5 Å². The van der Waals surface area contributed by atoms with Crippen LogP contribution in [0.5, 0.6) is 0 Å². The number of hydrogen-bond donors (Lipinski definition) is 2. The van der Waals surface area contributed by atoms with Gasteiger partial charge >= 0.3 is 0 Å². The second-order valence-corrected chi connectivity index (χ2v) is 5.19. The maximum Gasteiger partial charge on any atom is 0.215 e. The first kappa shape index (κ1) is 16.2. The van der Waals surface area contributed by atoms with Crippen molar-refractivity contribution in [2.75, 3.05) is 26.0 Å². The van der Waals surface area contributed by atoms with Crippen molar-refractivity contribution in [1.29, 1.82) is 0 Å². The molecule has 0 heterocycles. The highest BCUT2D eigenvalue weighted by atomic mass is 35.5. The van der Waals surface area contributed by atoms with Crippen LogP contribution in [0.25, 0.3) is 0 Å². The van der Waals surface area contributed by atoms with E-state index in [1.54, 1.807) is 24.3 Å². The Balaban J connectivity index is 0.00000256. The van der Waals surface area contributed by atoms with Gasteiger partial charge in [-0.2, -0.15) is 0 Å². The Labute approximate surface area is 108 Å². The van der Waals surface area contributed by atoms with Gasteiger partial charge in [0.15, 0.2) is 0 Å². The highest BCUT2D eigenvalue weighted by Crippen LogP contribution is 2.08. The van der Waals surface area contributed by atoms with E-state index in [4.69, 9.17) is 10.5 Å². The lowest BCUT2D eigenvalue weighted by Crippen LogP contribution is -2.28. The predicted octanol–water partition coefficient (Wildman–Crippen LogP) is 0.756. The van der Waals surface area contributed by atoms with Crippen LogP contribution < -0.4 is 10.5 Å². The molecule has 0 unspecified atom stereocenters. The molecule has 0 fully saturated rings. The SMILES string of the molecule is COCCNS(=O)(=O)Cc1ccc(N)cc1.Cl. The second kappa shape index (κ2) is 7.50. The fraction of sp³-hybridized carbons (Fsp3) is 0.400. The number of nitrogens with two attached hydrogens (primary N) is 1. The van der Waals surface area contributed by atoms with E-state index in [0.29, 0.717) is 17.9 Å². The van der Waals surface area contributed by atoms with Crippen LogP contribution in [0, 0.1) is 0 Å². The molecule has 0 atom stereocenters. The molecular formula is C10H17ClN2O3S. The molecule has 3 N–H and O–H groups in total. The van der Waals surface area contributed by atoms with Gasteiger partial charge in [0.2, 0.25) is 10.0 Å². The first-order chi connectivity index (χ1) is 7.53. The molecule has 0 saturated heterocycles. The third kappa shape index (κ3) is 6.48. The van der Waals surface area contributed by atoms with E-state index in [-0.39, 0.29) is 24.7 Å². The molecule has 0 saturated carbocycles. The van der Waals surface area contributed by atoms with E-state index in [0.717, 1.165) is 0 Å². The van der Waals surface area contributed by atoms with Crippen molar-refractivity contribution in [2.45, 2.75) is 5.75 Å². The number of halogens is 1. The van der Waals surface area contributed by atoms with E-state index in [2.05, 4.69) is 4.72 Å². The van der Waals surface area contributed by atoms with Crippen LogP contribution >= 0.6 is 12.4 Å². The van der Waals surface area contributed by atoms with Gasteiger partial charge in [-0.25, -0.2) is 13.1 Å². The van der Waals surface area contributed by atoms with Crippen molar-refractivity contribution in [2.24, 2.45) is 0 Å². The lowest BCUT2D eigenvalue weighted by atomic mass is 10.2. The summed E-state index contributed by atoms with van der Waals surface area (Å²) in [5, 5.41) is 0. The van der Waals surface area contributed by atoms with Crippen molar-refractivity contribution >= 4 is 28.1 Å². The van der Waals surface area contributed by atoms with E-state index in [1.165, 1.54) is 7.11 Å². The molecule has 98 valence electrons. The number of methoxy groups -OCH3 is 1. The highest BCUT2D eigenvalue weighted by Gasteiger charge is 2.10. The van der Waals surface area contributed by atoms with E-state index in [9.17, 15) is 8.42 Å². The summed E-state index contributed by atoms with van der Waals surface area (Å²) in [6, 6.07) is 6.76. The van der Waals surface area contributed by atoms with Gasteiger partial charge in [-0.05, 0) is 17.7 Å². The average Bonchev–Trinajstić information content (AvgIpc) is 2.21. The molecule has 17 heavy (non-hydrogen) atoms. The molecule has 5 nitrogen and oxygen atoms in total. The molecule has 0 aliphatic rings. The number of benzene rings is 1. The highest BCUT2D eigenvalue weighted by molar-refractivity contribution is 7.88. The summed E-state index contributed by atoms with van der Waals surface area (Å²) in [4.78, 5) is 0. The first-order valence-corrected chi connectivity index (χ1v) is 6.49. The van der Waals surface area contributed by atoms with Crippen LogP contribution in [0.3, 0.4) is 0 Å². The van der Waals surface area contributed by atoms with Gasteiger partial charge in [0.25, 0.3) is 0 Å². The Morgan fingerprint density at radius 3 is 2.41 bits per heavy atom. The van der Waals surface area contributed by atoms with Crippen molar-refractivity contribution in [3.05, 3.63) is 29.8 Å². The molecule has 0 amide bonds. The molecule has 1 rings (SSSR count). The molecule has 0 aliphatic carbocycles. The van der Waals surface area contributed by atoms with Gasteiger partial charge in [-0.15, -0.1) is 12.4 Å². The van der Waals surface area contributed by atoms with Crippen LogP contribution in [0.1, 0.15) is 5.56 Å². The second-order valence-electron chi connectivity index (χ2n) is 3.39. The van der Waals surface area contributed by atoms with Gasteiger partial charge in [0.05, 0.1) is 12.4 Å². The zero-order valence-corrected chi connectivity index (χ0v) is 11.2. The lowest BCUT2D eigenvalue weighted by Gasteiger charge is -2.06. The Hall–Kier alpha value is -0.820. The minimum Gasteiger partial charge on any atom is -0.399 e. The Kier molecular flexibility index (Phi) is 7.13. The standard InChI is InChI=1S/C10H16N2O3S.ClH/c1-15-7-6-12-16(13,14)8-9-2-4-10(11)5-3-9;/h2-5,12H,6-8,11H2,1H3;1H. The van der Waals surface area contributed by atoms with Crippen LogP contribution in [0.2, 0.25) is 0 Å². The maximum atomic E-state index is 11.6. The number of ether oxygens (including phenoxy) is 1. The quantitative estimate of drug-likeness (QED) is 0.595. The van der Waals surface area contributed by atoms with E-state index >= 15 is 0 Å². The predicted molar refractivity (Wildman–Crippen MR) is 70.6 cm³/mol. The minimum absolute atomic E-state index is 0. The number of nitrogen functional groups attached to an aromatic ring is 1. The normalized spacial score (nSPS) is 10.9. The summed E-state index contributed by atoms with van der Waals surface area (Å²) in [6.45, 7) is 0.648. The molecule has 0 aromatic heterocycles. The monoisotopic (exact) mass is 280 g/mol. The van der Waals surface area contributed by atoms with Gasteiger partial charge in [-0.3, -0.25) is 0 Å². The third-order valence-corrected chi connectivity index (χ3v) is 3.32. The molecule has 0 aliphatic heterocycles. The van der Waals surface area contributed by atoms with Gasteiger partial charge in [-0.1, -0.05) is 12.1 Å². The molecule has 0 spiro atoms. The van der Waals surface area contributed by atoms with Gasteiger partial charge in [0.1, 0.15) is 0 Å². The summed E-state index contributed by atoms with van der Waals surface area (Å²) < 4.78 is 30.3. The Morgan fingerprint density at radius 2 is 1.88 bits per heavy atom. The lowest BCUT2D eigenvalue weighted by molar-refractivity contribution is 0.204. The molecule has 1 aromatic carbocycles. The van der Waals surface area contributed by atoms with Crippen LogP contribution in [-0.2, 0) is 20.5 Å². The molecule has 0 radical (unpaired) electrons. The fourth-order valence-electron chi connectivity index (χ4n) is 1.18. The summed E-state index contributed by atoms with van der Waals surface area (Å²) in [6.07, 6.45) is 0. The van der Waals surface area contributed by atoms with Crippen molar-refractivity contribution in [3.63, 3.8) is 0 Å². The van der Waals surface area contributed by atoms with Crippen LogP contribution in [0.4, 0.5) is 5.69 Å². The Morgan fingerprint density at radius 1 is 1.29 bits per heavy atom. The number of nitrogens with one attached hydrogen (secondary N) is 1. The number of hydrogen-bond acceptors (Lipinski definition) is 4. The van der Waals surface area contributed by atoms with Crippen LogP contribution in [0.15, 0.2) is 24.3 Å². The summed E-state index contributed by atoms with van der Waals surface area (Å²) in [5.41, 5.74) is 6.83. The first-order valence-electron chi connectivity index (χ1n) is 4.84. The maximum absolute atomic E-state index is 11.6. The zero-order valence-electron chi connectivity index (χ0n) is 9.55. The third-order valence-electron chi connectivity index (χ3n) is 1.96. The summed E-state index contributed by atoms with van der Waals surface area (Å²) >= 11 is 0. The average molecular weight is 281 g/mol. The summed E-state index contributed by atoms with van der Waals surface area (Å²) in [5.74, 6) is -0.0446. The van der Waals surface area contributed by atoms with E-state index in [1.807, 2.05) is 0 Å². The number of sulfonamides is 1. The molecular weight excluding hydrogens is 264 g/mol. The smallest absolute Gasteiger partial charge is 0.215 e. The van der Waals surface area contributed by atoms with Crippen LogP contribution in [-0.4, -0.2) is 28.7 Å². The largest absolute Gasteiger partial charge is 0.399 e. The summed E-state index contributed by atoms with van der Waals surface area (Å²) in [7, 11) is -1.77. The number of anilines is 1. The van der Waals surface area contributed by atoms with Gasteiger partial charge in [0, 0.05) is 19.3 Å². The molecule has 0 bridgehead atoms. The number of rotatable bonds is 6. The minimum atomic E-state index is -3.29.